The number of rotatable bonds is 5. The zero-order valence-electron chi connectivity index (χ0n) is 8.85. The average molecular weight is 305 g/mol. The van der Waals surface area contributed by atoms with Crippen LogP contribution in [0.2, 0.25) is 0 Å². The first-order valence-electron chi connectivity index (χ1n) is 4.89. The van der Waals surface area contributed by atoms with Crippen LogP contribution < -0.4 is 0 Å². The molecule has 0 aliphatic heterocycles. The molecule has 0 spiro atoms. The Hall–Kier alpha value is -0.680. The van der Waals surface area contributed by atoms with Crippen LogP contribution in [-0.2, 0) is 21.3 Å². The van der Waals surface area contributed by atoms with Crippen molar-refractivity contribution in [2.24, 2.45) is 0 Å². The highest BCUT2D eigenvalue weighted by Gasteiger charge is 2.22. The van der Waals surface area contributed by atoms with Gasteiger partial charge in [-0.3, -0.25) is 9.00 Å². The Morgan fingerprint density at radius 2 is 2.12 bits per heavy atom. The van der Waals surface area contributed by atoms with Crippen LogP contribution in [0.15, 0.2) is 28.7 Å². The topological polar surface area (TPSA) is 54.4 Å². The van der Waals surface area contributed by atoms with Crippen molar-refractivity contribution < 1.29 is 14.1 Å². The average Bonchev–Trinajstić information content (AvgIpc) is 2.22. The molecule has 0 bridgehead atoms. The van der Waals surface area contributed by atoms with Gasteiger partial charge in [-0.25, -0.2) is 0 Å². The summed E-state index contributed by atoms with van der Waals surface area (Å²) in [5, 5.41) is 8.10. The summed E-state index contributed by atoms with van der Waals surface area (Å²) < 4.78 is 12.7. The molecular weight excluding hydrogens is 292 g/mol. The Morgan fingerprint density at radius 3 is 2.62 bits per heavy atom. The molecule has 88 valence electrons. The largest absolute Gasteiger partial charge is 0.480 e. The molecule has 0 aromatic heterocycles. The van der Waals surface area contributed by atoms with Gasteiger partial charge in [-0.05, 0) is 18.1 Å². The van der Waals surface area contributed by atoms with E-state index >= 15 is 0 Å². The van der Waals surface area contributed by atoms with Crippen molar-refractivity contribution in [1.29, 1.82) is 0 Å². The molecule has 0 fully saturated rings. The molecule has 2 atom stereocenters. The minimum Gasteiger partial charge on any atom is -0.480 e. The van der Waals surface area contributed by atoms with Crippen LogP contribution in [0.25, 0.3) is 0 Å². The van der Waals surface area contributed by atoms with Crippen molar-refractivity contribution in [1.82, 2.24) is 0 Å². The van der Waals surface area contributed by atoms with E-state index in [9.17, 15) is 9.00 Å². The maximum atomic E-state index is 11.8. The molecule has 0 heterocycles. The SMILES string of the molecule is CCC(C(=O)O)S(=O)Cc1ccccc1Br. The van der Waals surface area contributed by atoms with E-state index in [1.165, 1.54) is 0 Å². The van der Waals surface area contributed by atoms with Gasteiger partial charge in [0.05, 0.1) is 5.75 Å². The number of carboxylic acid groups (broad SMARTS) is 1. The van der Waals surface area contributed by atoms with Gasteiger partial charge in [0.1, 0.15) is 5.25 Å². The number of halogens is 1. The molecule has 1 rings (SSSR count). The molecular formula is C11H13BrO3S. The number of hydrogen-bond donors (Lipinski definition) is 1. The van der Waals surface area contributed by atoms with Gasteiger partial charge < -0.3 is 5.11 Å². The first-order valence-corrected chi connectivity index (χ1v) is 7.07. The van der Waals surface area contributed by atoms with Crippen molar-refractivity contribution in [3.63, 3.8) is 0 Å². The predicted molar refractivity (Wildman–Crippen MR) is 67.7 cm³/mol. The van der Waals surface area contributed by atoms with Gasteiger partial charge in [-0.2, -0.15) is 0 Å². The van der Waals surface area contributed by atoms with Crippen molar-refractivity contribution in [2.45, 2.75) is 24.3 Å². The lowest BCUT2D eigenvalue weighted by atomic mass is 10.2. The molecule has 0 saturated carbocycles. The van der Waals surface area contributed by atoms with Gasteiger partial charge in [0, 0.05) is 15.3 Å². The summed E-state index contributed by atoms with van der Waals surface area (Å²) in [7, 11) is -1.38. The number of aliphatic carboxylic acids is 1. The summed E-state index contributed by atoms with van der Waals surface area (Å²) in [5.74, 6) is -0.723. The molecule has 3 nitrogen and oxygen atoms in total. The molecule has 5 heteroatoms. The van der Waals surface area contributed by atoms with E-state index in [0.29, 0.717) is 6.42 Å². The highest BCUT2D eigenvalue weighted by molar-refractivity contribution is 9.10. The molecule has 0 radical (unpaired) electrons. The highest BCUT2D eigenvalue weighted by atomic mass is 79.9. The third-order valence-corrected chi connectivity index (χ3v) is 4.76. The van der Waals surface area contributed by atoms with Crippen LogP contribution in [-0.4, -0.2) is 20.5 Å². The summed E-state index contributed by atoms with van der Waals surface area (Å²) in [5.41, 5.74) is 0.875. The van der Waals surface area contributed by atoms with Crippen LogP contribution in [0.1, 0.15) is 18.9 Å². The Labute approximate surface area is 105 Å². The van der Waals surface area contributed by atoms with E-state index in [-0.39, 0.29) is 5.75 Å². The number of carboxylic acids is 1. The maximum absolute atomic E-state index is 11.8. The van der Waals surface area contributed by atoms with Crippen molar-refractivity contribution in [3.8, 4) is 0 Å². The number of benzene rings is 1. The van der Waals surface area contributed by atoms with Crippen LogP contribution >= 0.6 is 15.9 Å². The van der Waals surface area contributed by atoms with Gasteiger partial charge in [-0.15, -0.1) is 0 Å². The minimum absolute atomic E-state index is 0.270. The lowest BCUT2D eigenvalue weighted by Gasteiger charge is -2.10. The van der Waals surface area contributed by atoms with Gasteiger partial charge in [0.25, 0.3) is 0 Å². The summed E-state index contributed by atoms with van der Waals surface area (Å²) in [6.45, 7) is 1.73. The molecule has 0 aliphatic carbocycles. The Balaban J connectivity index is 2.78. The molecule has 0 aliphatic rings. The second-order valence-electron chi connectivity index (χ2n) is 3.35. The van der Waals surface area contributed by atoms with Crippen LogP contribution in [0.4, 0.5) is 0 Å². The van der Waals surface area contributed by atoms with E-state index in [2.05, 4.69) is 15.9 Å². The van der Waals surface area contributed by atoms with Crippen molar-refractivity contribution in [2.75, 3.05) is 0 Å². The fraction of sp³-hybridized carbons (Fsp3) is 0.364. The first-order chi connectivity index (χ1) is 7.56. The van der Waals surface area contributed by atoms with E-state index in [4.69, 9.17) is 5.11 Å². The molecule has 1 aromatic rings. The summed E-state index contributed by atoms with van der Waals surface area (Å²) in [4.78, 5) is 10.8. The molecule has 0 amide bonds. The van der Waals surface area contributed by atoms with E-state index in [1.54, 1.807) is 6.92 Å². The molecule has 2 unspecified atom stereocenters. The maximum Gasteiger partial charge on any atom is 0.319 e. The zero-order chi connectivity index (χ0) is 12.1. The zero-order valence-corrected chi connectivity index (χ0v) is 11.3. The third-order valence-electron chi connectivity index (χ3n) is 2.22. The van der Waals surface area contributed by atoms with Gasteiger partial charge in [0.15, 0.2) is 0 Å². The lowest BCUT2D eigenvalue weighted by Crippen LogP contribution is -2.25. The van der Waals surface area contributed by atoms with E-state index in [1.807, 2.05) is 24.3 Å². The molecule has 16 heavy (non-hydrogen) atoms. The first kappa shape index (κ1) is 13.4. The Bertz CT molecular complexity index is 406. The quantitative estimate of drug-likeness (QED) is 0.909. The highest BCUT2D eigenvalue weighted by Crippen LogP contribution is 2.19. The fourth-order valence-corrected chi connectivity index (χ4v) is 3.31. The third kappa shape index (κ3) is 3.42. The summed E-state index contributed by atoms with van der Waals surface area (Å²) in [6.07, 6.45) is 0.381. The van der Waals surface area contributed by atoms with Crippen molar-refractivity contribution in [3.05, 3.63) is 34.3 Å². The standard InChI is InChI=1S/C11H13BrO3S/c1-2-10(11(13)14)16(15)7-8-5-3-4-6-9(8)12/h3-6,10H,2,7H2,1H3,(H,13,14). The van der Waals surface area contributed by atoms with E-state index < -0.39 is 22.0 Å². The van der Waals surface area contributed by atoms with Crippen LogP contribution in [0.5, 0.6) is 0 Å². The molecule has 0 saturated heterocycles. The van der Waals surface area contributed by atoms with E-state index in [0.717, 1.165) is 10.0 Å². The predicted octanol–water partition coefficient (Wildman–Crippen LogP) is 2.56. The minimum atomic E-state index is -1.38. The smallest absolute Gasteiger partial charge is 0.319 e. The van der Waals surface area contributed by atoms with Crippen LogP contribution in [0, 0.1) is 0 Å². The van der Waals surface area contributed by atoms with Gasteiger partial charge in [0.2, 0.25) is 0 Å². The fourth-order valence-electron chi connectivity index (χ4n) is 1.34. The summed E-state index contributed by atoms with van der Waals surface area (Å²) in [6, 6.07) is 7.41. The lowest BCUT2D eigenvalue weighted by molar-refractivity contribution is -0.136. The normalized spacial score (nSPS) is 14.4. The van der Waals surface area contributed by atoms with Gasteiger partial charge in [-0.1, -0.05) is 41.1 Å². The Morgan fingerprint density at radius 1 is 1.50 bits per heavy atom. The summed E-state index contributed by atoms with van der Waals surface area (Å²) >= 11 is 3.35. The number of carbonyl (C=O) groups is 1. The second kappa shape index (κ2) is 6.15. The van der Waals surface area contributed by atoms with Gasteiger partial charge >= 0.3 is 5.97 Å². The van der Waals surface area contributed by atoms with Crippen molar-refractivity contribution >= 4 is 32.7 Å². The Kier molecular flexibility index (Phi) is 5.15. The second-order valence-corrected chi connectivity index (χ2v) is 5.83. The molecule has 1 N–H and O–H groups in total. The molecule has 1 aromatic carbocycles. The van der Waals surface area contributed by atoms with Crippen LogP contribution in [0.3, 0.4) is 0 Å². The monoisotopic (exact) mass is 304 g/mol. The number of hydrogen-bond acceptors (Lipinski definition) is 2.